The molecule has 32 heavy (non-hydrogen) atoms. The molecule has 2 aromatic heterocycles. The minimum atomic E-state index is -3.53. The molecule has 0 amide bonds. The Morgan fingerprint density at radius 1 is 1.12 bits per heavy atom. The Morgan fingerprint density at radius 3 is 2.53 bits per heavy atom. The summed E-state index contributed by atoms with van der Waals surface area (Å²) in [5.74, 6) is 0.232. The second-order valence-corrected chi connectivity index (χ2v) is 9.36. The molecule has 10 heteroatoms. The Bertz CT molecular complexity index is 1420. The standard InChI is InChI=1S/C22H26N6O3S/c1-3-27(4-2)12-13-32(30,31)26-15-10-11-17-18(14-15)24-22(29)19-20(17)25-28(21(19)23)16-8-6-5-7-9-16/h5-11,14,26H,3-4,12-13,23H2,1-2H3,(H,24,29). The van der Waals surface area contributed by atoms with Crippen molar-refractivity contribution in [2.45, 2.75) is 13.8 Å². The van der Waals surface area contributed by atoms with Crippen molar-refractivity contribution >= 4 is 43.3 Å². The van der Waals surface area contributed by atoms with Crippen molar-refractivity contribution in [3.8, 4) is 5.69 Å². The topological polar surface area (TPSA) is 126 Å². The number of hydrogen-bond donors (Lipinski definition) is 3. The Balaban J connectivity index is 1.71. The lowest BCUT2D eigenvalue weighted by Crippen LogP contribution is -2.31. The van der Waals surface area contributed by atoms with Crippen LogP contribution in [-0.2, 0) is 10.0 Å². The smallest absolute Gasteiger partial charge is 0.261 e. The van der Waals surface area contributed by atoms with Gasteiger partial charge in [-0.25, -0.2) is 13.1 Å². The molecule has 0 unspecified atom stereocenters. The van der Waals surface area contributed by atoms with Crippen LogP contribution in [0.15, 0.2) is 53.3 Å². The van der Waals surface area contributed by atoms with E-state index in [9.17, 15) is 13.2 Å². The van der Waals surface area contributed by atoms with Crippen molar-refractivity contribution in [2.75, 3.05) is 35.8 Å². The monoisotopic (exact) mass is 454 g/mol. The number of benzene rings is 2. The molecular weight excluding hydrogens is 428 g/mol. The number of nitrogens with zero attached hydrogens (tertiary/aromatic N) is 3. The molecule has 168 valence electrons. The van der Waals surface area contributed by atoms with Crippen LogP contribution in [0.4, 0.5) is 11.5 Å². The molecule has 4 rings (SSSR count). The summed E-state index contributed by atoms with van der Waals surface area (Å²) in [7, 11) is -3.53. The number of H-pyrrole nitrogens is 1. The second kappa shape index (κ2) is 8.64. The highest BCUT2D eigenvalue weighted by atomic mass is 32.2. The number of pyridine rings is 1. The lowest BCUT2D eigenvalue weighted by molar-refractivity contribution is 0.322. The maximum atomic E-state index is 12.8. The van der Waals surface area contributed by atoms with Gasteiger partial charge in [0, 0.05) is 11.9 Å². The molecule has 0 saturated carbocycles. The number of para-hydroxylation sites is 1. The maximum Gasteiger partial charge on any atom is 0.261 e. The van der Waals surface area contributed by atoms with Crippen molar-refractivity contribution in [3.63, 3.8) is 0 Å². The maximum absolute atomic E-state index is 12.8. The van der Waals surface area contributed by atoms with Gasteiger partial charge in [-0.15, -0.1) is 0 Å². The molecule has 4 N–H and O–H groups in total. The number of nitrogen functional groups attached to an aromatic ring is 1. The van der Waals surface area contributed by atoms with Crippen LogP contribution in [0.2, 0.25) is 0 Å². The van der Waals surface area contributed by atoms with Gasteiger partial charge >= 0.3 is 0 Å². The normalized spacial score (nSPS) is 12.1. The third-order valence-corrected chi connectivity index (χ3v) is 6.78. The van der Waals surface area contributed by atoms with Crippen LogP contribution < -0.4 is 16.0 Å². The van der Waals surface area contributed by atoms with Gasteiger partial charge < -0.3 is 15.6 Å². The van der Waals surface area contributed by atoms with E-state index >= 15 is 0 Å². The fraction of sp³-hybridized carbons (Fsp3) is 0.273. The molecule has 0 saturated heterocycles. The Hall–Kier alpha value is -3.37. The molecule has 2 aromatic carbocycles. The van der Waals surface area contributed by atoms with Crippen LogP contribution in [0.25, 0.3) is 27.5 Å². The number of sulfonamides is 1. The molecule has 0 aliphatic carbocycles. The molecule has 2 heterocycles. The van der Waals surface area contributed by atoms with Crippen LogP contribution in [0, 0.1) is 0 Å². The van der Waals surface area contributed by atoms with E-state index in [2.05, 4.69) is 14.8 Å². The number of hydrogen-bond acceptors (Lipinski definition) is 6. The molecule has 0 bridgehead atoms. The molecule has 0 fully saturated rings. The summed E-state index contributed by atoms with van der Waals surface area (Å²) in [4.78, 5) is 17.6. The van der Waals surface area contributed by atoms with Crippen molar-refractivity contribution in [1.82, 2.24) is 19.7 Å². The van der Waals surface area contributed by atoms with Crippen LogP contribution in [0.1, 0.15) is 13.8 Å². The van der Waals surface area contributed by atoms with E-state index in [-0.39, 0.29) is 17.1 Å². The molecule has 0 atom stereocenters. The number of fused-ring (bicyclic) bond motifs is 3. The van der Waals surface area contributed by atoms with E-state index in [4.69, 9.17) is 5.73 Å². The van der Waals surface area contributed by atoms with E-state index in [0.717, 1.165) is 18.8 Å². The summed E-state index contributed by atoms with van der Waals surface area (Å²) in [6.45, 7) is 6.02. The lowest BCUT2D eigenvalue weighted by Gasteiger charge is -2.18. The predicted molar refractivity (Wildman–Crippen MR) is 129 cm³/mol. The first-order chi connectivity index (χ1) is 15.3. The number of aromatic amines is 1. The van der Waals surface area contributed by atoms with Crippen LogP contribution in [0.5, 0.6) is 0 Å². The number of rotatable bonds is 8. The first-order valence-electron chi connectivity index (χ1n) is 10.5. The zero-order chi connectivity index (χ0) is 22.9. The fourth-order valence-electron chi connectivity index (χ4n) is 3.73. The highest BCUT2D eigenvalue weighted by Gasteiger charge is 2.18. The number of nitrogens with one attached hydrogen (secondary N) is 2. The van der Waals surface area contributed by atoms with Crippen molar-refractivity contribution in [2.24, 2.45) is 0 Å². The second-order valence-electron chi connectivity index (χ2n) is 7.52. The fourth-order valence-corrected chi connectivity index (χ4v) is 4.82. The third-order valence-electron chi connectivity index (χ3n) is 5.52. The van der Waals surface area contributed by atoms with E-state index in [1.54, 1.807) is 18.2 Å². The Morgan fingerprint density at radius 2 is 1.84 bits per heavy atom. The van der Waals surface area contributed by atoms with Crippen LogP contribution in [0.3, 0.4) is 0 Å². The highest BCUT2D eigenvalue weighted by Crippen LogP contribution is 2.28. The molecule has 0 aliphatic heterocycles. The third kappa shape index (κ3) is 4.19. The summed E-state index contributed by atoms with van der Waals surface area (Å²) in [6.07, 6.45) is 0. The van der Waals surface area contributed by atoms with Gasteiger partial charge in [-0.3, -0.25) is 9.52 Å². The minimum Gasteiger partial charge on any atom is -0.383 e. The Kier molecular flexibility index (Phi) is 5.90. The average molecular weight is 455 g/mol. The molecular formula is C22H26N6O3S. The summed E-state index contributed by atoms with van der Waals surface area (Å²) in [5.41, 5.74) is 7.92. The molecule has 0 spiro atoms. The molecule has 9 nitrogen and oxygen atoms in total. The summed E-state index contributed by atoms with van der Waals surface area (Å²) < 4.78 is 29.2. The predicted octanol–water partition coefficient (Wildman–Crippen LogP) is 2.53. The van der Waals surface area contributed by atoms with Gasteiger partial charge in [0.05, 0.1) is 22.6 Å². The number of nitrogens with two attached hydrogens (primary N) is 1. The lowest BCUT2D eigenvalue weighted by atomic mass is 10.1. The Labute approximate surface area is 185 Å². The molecule has 4 aromatic rings. The van der Waals surface area contributed by atoms with E-state index in [1.807, 2.05) is 49.1 Å². The van der Waals surface area contributed by atoms with E-state index in [0.29, 0.717) is 34.0 Å². The average Bonchev–Trinajstić information content (AvgIpc) is 3.12. The summed E-state index contributed by atoms with van der Waals surface area (Å²) in [5, 5.41) is 5.54. The van der Waals surface area contributed by atoms with E-state index < -0.39 is 10.0 Å². The first-order valence-corrected chi connectivity index (χ1v) is 12.1. The van der Waals surface area contributed by atoms with Crippen LogP contribution >= 0.6 is 0 Å². The minimum absolute atomic E-state index is 0.0136. The van der Waals surface area contributed by atoms with Crippen molar-refractivity contribution < 1.29 is 8.42 Å². The zero-order valence-electron chi connectivity index (χ0n) is 18.0. The summed E-state index contributed by atoms with van der Waals surface area (Å²) in [6, 6.07) is 14.3. The van der Waals surface area contributed by atoms with Gasteiger partial charge in [-0.05, 0) is 43.4 Å². The van der Waals surface area contributed by atoms with Gasteiger partial charge in [0.2, 0.25) is 10.0 Å². The van der Waals surface area contributed by atoms with Crippen molar-refractivity contribution in [3.05, 3.63) is 58.9 Å². The van der Waals surface area contributed by atoms with Gasteiger partial charge in [0.15, 0.2) is 0 Å². The quantitative estimate of drug-likeness (QED) is 0.376. The van der Waals surface area contributed by atoms with Crippen LogP contribution in [-0.4, -0.2) is 53.5 Å². The van der Waals surface area contributed by atoms with Crippen molar-refractivity contribution in [1.29, 1.82) is 0 Å². The highest BCUT2D eigenvalue weighted by molar-refractivity contribution is 7.92. The first kappa shape index (κ1) is 21.8. The number of aromatic nitrogens is 3. The number of anilines is 2. The molecule has 0 aliphatic rings. The largest absolute Gasteiger partial charge is 0.383 e. The summed E-state index contributed by atoms with van der Waals surface area (Å²) >= 11 is 0. The van der Waals surface area contributed by atoms with Gasteiger partial charge in [0.1, 0.15) is 16.7 Å². The van der Waals surface area contributed by atoms with E-state index in [1.165, 1.54) is 4.68 Å². The molecule has 0 radical (unpaired) electrons. The zero-order valence-corrected chi connectivity index (χ0v) is 18.8. The van der Waals surface area contributed by atoms with Gasteiger partial charge in [0.25, 0.3) is 5.56 Å². The van der Waals surface area contributed by atoms with Gasteiger partial charge in [-0.2, -0.15) is 5.10 Å². The van der Waals surface area contributed by atoms with Gasteiger partial charge in [-0.1, -0.05) is 32.0 Å². The SMILES string of the molecule is CCN(CC)CCS(=O)(=O)Nc1ccc2c(c1)[nH]c(=O)c1c(N)n(-c3ccccc3)nc12.